The molecule has 0 heterocycles. The molecule has 0 fully saturated rings. The van der Waals surface area contributed by atoms with Crippen LogP contribution in [-0.2, 0) is 4.74 Å². The van der Waals surface area contributed by atoms with Crippen molar-refractivity contribution in [1.82, 2.24) is 0 Å². The third kappa shape index (κ3) is 2.50. The lowest BCUT2D eigenvalue weighted by Crippen LogP contribution is -2.40. The van der Waals surface area contributed by atoms with Gasteiger partial charge in [0.2, 0.25) is 0 Å². The highest BCUT2D eigenvalue weighted by Gasteiger charge is 2.35. The second-order valence-corrected chi connectivity index (χ2v) is 3.83. The van der Waals surface area contributed by atoms with Gasteiger partial charge in [0.1, 0.15) is 5.60 Å². The van der Waals surface area contributed by atoms with Gasteiger partial charge in [-0.3, -0.25) is 4.79 Å². The molecule has 0 aromatic heterocycles. The molecule has 0 saturated carbocycles. The van der Waals surface area contributed by atoms with E-state index in [2.05, 4.69) is 0 Å². The van der Waals surface area contributed by atoms with Gasteiger partial charge in [-0.1, -0.05) is 44.2 Å². The third-order valence-electron chi connectivity index (χ3n) is 3.01. The molecule has 2 nitrogen and oxygen atoms in total. The molecule has 0 unspecified atom stereocenters. The third-order valence-corrected chi connectivity index (χ3v) is 3.01. The van der Waals surface area contributed by atoms with Crippen molar-refractivity contribution in [2.45, 2.75) is 39.2 Å². The first-order chi connectivity index (χ1) is 7.70. The fourth-order valence-corrected chi connectivity index (χ4v) is 1.97. The van der Waals surface area contributed by atoms with Gasteiger partial charge in [0.25, 0.3) is 0 Å². The van der Waals surface area contributed by atoms with Gasteiger partial charge in [-0.05, 0) is 19.8 Å². The smallest absolute Gasteiger partial charge is 0.194 e. The van der Waals surface area contributed by atoms with Crippen LogP contribution < -0.4 is 0 Å². The first kappa shape index (κ1) is 12.9. The van der Waals surface area contributed by atoms with Gasteiger partial charge < -0.3 is 4.74 Å². The molecule has 0 amide bonds. The number of hydrogen-bond donors (Lipinski definition) is 0. The molecule has 0 aliphatic heterocycles. The highest BCUT2D eigenvalue weighted by Crippen LogP contribution is 2.25. The largest absolute Gasteiger partial charge is 0.367 e. The number of carbonyl (C=O) groups is 1. The minimum atomic E-state index is -0.643. The predicted molar refractivity (Wildman–Crippen MR) is 65.7 cm³/mol. The molecule has 0 radical (unpaired) electrons. The summed E-state index contributed by atoms with van der Waals surface area (Å²) in [5, 5.41) is 0. The van der Waals surface area contributed by atoms with Crippen LogP contribution in [0.3, 0.4) is 0 Å². The Bertz CT molecular complexity index is 326. The van der Waals surface area contributed by atoms with Crippen molar-refractivity contribution < 1.29 is 9.53 Å². The minimum absolute atomic E-state index is 0.0972. The maximum absolute atomic E-state index is 12.4. The molecule has 2 heteroatoms. The number of ketones is 1. The van der Waals surface area contributed by atoms with Crippen LogP contribution in [0.2, 0.25) is 0 Å². The molecule has 0 N–H and O–H groups in total. The zero-order valence-electron chi connectivity index (χ0n) is 10.3. The van der Waals surface area contributed by atoms with E-state index in [1.807, 2.05) is 51.1 Å². The van der Waals surface area contributed by atoms with Crippen LogP contribution in [0.25, 0.3) is 0 Å². The lowest BCUT2D eigenvalue weighted by Gasteiger charge is -2.29. The molecular formula is C14H20O2. The molecule has 88 valence electrons. The second-order valence-electron chi connectivity index (χ2n) is 3.83. The molecule has 1 aromatic rings. The van der Waals surface area contributed by atoms with Crippen LogP contribution in [0.5, 0.6) is 0 Å². The maximum Gasteiger partial charge on any atom is 0.194 e. The van der Waals surface area contributed by atoms with E-state index in [-0.39, 0.29) is 5.78 Å². The van der Waals surface area contributed by atoms with E-state index >= 15 is 0 Å². The molecular weight excluding hydrogens is 200 g/mol. The van der Waals surface area contributed by atoms with Crippen LogP contribution in [0, 0.1) is 0 Å². The summed E-state index contributed by atoms with van der Waals surface area (Å²) in [7, 11) is 0. The van der Waals surface area contributed by atoms with Crippen molar-refractivity contribution in [1.29, 1.82) is 0 Å². The molecule has 0 aliphatic carbocycles. The monoisotopic (exact) mass is 220 g/mol. The average molecular weight is 220 g/mol. The summed E-state index contributed by atoms with van der Waals surface area (Å²) < 4.78 is 5.69. The van der Waals surface area contributed by atoms with E-state index in [1.165, 1.54) is 0 Å². The predicted octanol–water partition coefficient (Wildman–Crippen LogP) is 3.46. The first-order valence-corrected chi connectivity index (χ1v) is 5.94. The van der Waals surface area contributed by atoms with E-state index in [4.69, 9.17) is 4.74 Å². The second kappa shape index (κ2) is 5.80. The minimum Gasteiger partial charge on any atom is -0.367 e. The van der Waals surface area contributed by atoms with Gasteiger partial charge in [0, 0.05) is 12.2 Å². The van der Waals surface area contributed by atoms with E-state index in [0.717, 1.165) is 5.56 Å². The van der Waals surface area contributed by atoms with Crippen molar-refractivity contribution in [3.05, 3.63) is 35.9 Å². The summed E-state index contributed by atoms with van der Waals surface area (Å²) in [4.78, 5) is 12.4. The molecule has 0 aliphatic rings. The molecule has 1 rings (SSSR count). The SMILES string of the molecule is CCOC(CC)(CC)C(=O)c1ccccc1. The Labute approximate surface area is 97.6 Å². The maximum atomic E-state index is 12.4. The van der Waals surface area contributed by atoms with Crippen LogP contribution >= 0.6 is 0 Å². The summed E-state index contributed by atoms with van der Waals surface area (Å²) in [6.07, 6.45) is 1.43. The van der Waals surface area contributed by atoms with Gasteiger partial charge >= 0.3 is 0 Å². The zero-order valence-corrected chi connectivity index (χ0v) is 10.3. The van der Waals surface area contributed by atoms with E-state index in [1.54, 1.807) is 0 Å². The Morgan fingerprint density at radius 2 is 1.69 bits per heavy atom. The standard InChI is InChI=1S/C14H20O2/c1-4-14(5-2,16-6-3)13(15)12-10-8-7-9-11-12/h7-11H,4-6H2,1-3H3. The average Bonchev–Trinajstić information content (AvgIpc) is 2.36. The van der Waals surface area contributed by atoms with E-state index in [0.29, 0.717) is 19.4 Å². The Hall–Kier alpha value is -1.15. The van der Waals surface area contributed by atoms with Gasteiger partial charge in [0.05, 0.1) is 0 Å². The van der Waals surface area contributed by atoms with Gasteiger partial charge in [-0.2, -0.15) is 0 Å². The topological polar surface area (TPSA) is 26.3 Å². The van der Waals surface area contributed by atoms with Gasteiger partial charge in [0.15, 0.2) is 5.78 Å². The molecule has 0 spiro atoms. The Morgan fingerprint density at radius 3 is 2.12 bits per heavy atom. The molecule has 0 bridgehead atoms. The number of hydrogen-bond acceptors (Lipinski definition) is 2. The van der Waals surface area contributed by atoms with Crippen molar-refractivity contribution in [2.24, 2.45) is 0 Å². The highest BCUT2D eigenvalue weighted by atomic mass is 16.5. The van der Waals surface area contributed by atoms with Crippen LogP contribution in [-0.4, -0.2) is 18.0 Å². The van der Waals surface area contributed by atoms with Crippen molar-refractivity contribution in [3.63, 3.8) is 0 Å². The molecule has 1 aromatic carbocycles. The molecule has 0 atom stereocenters. The van der Waals surface area contributed by atoms with E-state index < -0.39 is 5.60 Å². The fourth-order valence-electron chi connectivity index (χ4n) is 1.97. The number of rotatable bonds is 6. The zero-order chi connectivity index (χ0) is 12.0. The summed E-state index contributed by atoms with van der Waals surface area (Å²) in [5.74, 6) is 0.0972. The van der Waals surface area contributed by atoms with Crippen LogP contribution in [0.1, 0.15) is 44.0 Å². The van der Waals surface area contributed by atoms with Crippen LogP contribution in [0.15, 0.2) is 30.3 Å². The summed E-state index contributed by atoms with van der Waals surface area (Å²) in [6.45, 7) is 6.50. The highest BCUT2D eigenvalue weighted by molar-refractivity contribution is 6.02. The Balaban J connectivity index is 3.00. The molecule has 0 saturated heterocycles. The lowest BCUT2D eigenvalue weighted by atomic mass is 9.87. The number of ether oxygens (including phenoxy) is 1. The lowest BCUT2D eigenvalue weighted by molar-refractivity contribution is -0.0250. The van der Waals surface area contributed by atoms with Crippen molar-refractivity contribution in [2.75, 3.05) is 6.61 Å². The Morgan fingerprint density at radius 1 is 1.12 bits per heavy atom. The first-order valence-electron chi connectivity index (χ1n) is 5.94. The number of carbonyl (C=O) groups excluding carboxylic acids is 1. The van der Waals surface area contributed by atoms with Crippen LogP contribution in [0.4, 0.5) is 0 Å². The van der Waals surface area contributed by atoms with Crippen molar-refractivity contribution in [3.8, 4) is 0 Å². The van der Waals surface area contributed by atoms with Gasteiger partial charge in [-0.15, -0.1) is 0 Å². The molecule has 16 heavy (non-hydrogen) atoms. The summed E-state index contributed by atoms with van der Waals surface area (Å²) in [6, 6.07) is 9.38. The summed E-state index contributed by atoms with van der Waals surface area (Å²) >= 11 is 0. The summed E-state index contributed by atoms with van der Waals surface area (Å²) in [5.41, 5.74) is 0.0930. The normalized spacial score (nSPS) is 11.4. The fraction of sp³-hybridized carbons (Fsp3) is 0.500. The number of Topliss-reactive ketones (excluding diaryl/α,β-unsaturated/α-hetero) is 1. The number of benzene rings is 1. The Kier molecular flexibility index (Phi) is 4.69. The van der Waals surface area contributed by atoms with Crippen molar-refractivity contribution >= 4 is 5.78 Å². The van der Waals surface area contributed by atoms with Gasteiger partial charge in [-0.25, -0.2) is 0 Å². The van der Waals surface area contributed by atoms with E-state index in [9.17, 15) is 4.79 Å². The quantitative estimate of drug-likeness (QED) is 0.686.